The van der Waals surface area contributed by atoms with Crippen molar-refractivity contribution in [3.63, 3.8) is 0 Å². The molecule has 0 unspecified atom stereocenters. The minimum Gasteiger partial charge on any atom is -0.494 e. The quantitative estimate of drug-likeness (QED) is 0.227. The summed E-state index contributed by atoms with van der Waals surface area (Å²) >= 11 is 1.54. The zero-order chi connectivity index (χ0) is 19.4. The molecular formula is C23H27N3OS. The van der Waals surface area contributed by atoms with Gasteiger partial charge in [-0.25, -0.2) is 4.98 Å². The number of hydrogen-bond donors (Lipinski definition) is 1. The summed E-state index contributed by atoms with van der Waals surface area (Å²) in [6, 6.07) is 18.1. The lowest BCUT2D eigenvalue weighted by atomic mass is 10.2. The standard InChI is InChI=1S/C23H27N3OS/c1-2-3-4-5-9-16-27-21-14-12-19(13-15-21)17-24-26-23-25-22(18-28-23)20-10-7-6-8-11-20/h6-8,10-15,17-18H,2-5,9,16H2,1H3,(H,25,26). The van der Waals surface area contributed by atoms with Crippen molar-refractivity contribution in [1.29, 1.82) is 0 Å². The molecule has 0 aliphatic carbocycles. The Morgan fingerprint density at radius 1 is 1.00 bits per heavy atom. The van der Waals surface area contributed by atoms with E-state index in [1.165, 1.54) is 25.7 Å². The topological polar surface area (TPSA) is 46.5 Å². The first kappa shape index (κ1) is 20.1. The van der Waals surface area contributed by atoms with Crippen molar-refractivity contribution in [3.8, 4) is 17.0 Å². The molecule has 0 bridgehead atoms. The summed E-state index contributed by atoms with van der Waals surface area (Å²) in [5.41, 5.74) is 6.08. The lowest BCUT2D eigenvalue weighted by molar-refractivity contribution is 0.304. The highest BCUT2D eigenvalue weighted by atomic mass is 32.1. The highest BCUT2D eigenvalue weighted by Crippen LogP contribution is 2.24. The van der Waals surface area contributed by atoms with Crippen molar-refractivity contribution >= 4 is 22.7 Å². The summed E-state index contributed by atoms with van der Waals surface area (Å²) in [7, 11) is 0. The second-order valence-electron chi connectivity index (χ2n) is 6.61. The number of nitrogens with one attached hydrogen (secondary N) is 1. The molecule has 0 fully saturated rings. The van der Waals surface area contributed by atoms with Gasteiger partial charge in [-0.05, 0) is 36.2 Å². The molecule has 1 aromatic heterocycles. The fourth-order valence-electron chi connectivity index (χ4n) is 2.77. The number of ether oxygens (including phenoxy) is 1. The Kier molecular flexibility index (Phi) is 8.07. The zero-order valence-corrected chi connectivity index (χ0v) is 17.1. The van der Waals surface area contributed by atoms with Crippen LogP contribution in [0.15, 0.2) is 65.1 Å². The smallest absolute Gasteiger partial charge is 0.203 e. The van der Waals surface area contributed by atoms with Gasteiger partial charge in [-0.15, -0.1) is 11.3 Å². The van der Waals surface area contributed by atoms with Gasteiger partial charge in [0, 0.05) is 10.9 Å². The summed E-state index contributed by atoms with van der Waals surface area (Å²) in [5, 5.41) is 7.09. The van der Waals surface area contributed by atoms with Crippen molar-refractivity contribution in [2.45, 2.75) is 39.0 Å². The van der Waals surface area contributed by atoms with Crippen LogP contribution in [0.25, 0.3) is 11.3 Å². The number of rotatable bonds is 11. The zero-order valence-electron chi connectivity index (χ0n) is 16.3. The van der Waals surface area contributed by atoms with Gasteiger partial charge in [0.15, 0.2) is 0 Å². The van der Waals surface area contributed by atoms with Gasteiger partial charge in [-0.1, -0.05) is 62.9 Å². The van der Waals surface area contributed by atoms with Crippen LogP contribution in [-0.2, 0) is 0 Å². The van der Waals surface area contributed by atoms with E-state index in [0.717, 1.165) is 40.7 Å². The highest BCUT2D eigenvalue weighted by Gasteiger charge is 2.02. The third-order valence-electron chi connectivity index (χ3n) is 4.34. The van der Waals surface area contributed by atoms with Crippen molar-refractivity contribution in [2.75, 3.05) is 12.0 Å². The van der Waals surface area contributed by atoms with Gasteiger partial charge in [0.05, 0.1) is 18.5 Å². The Balaban J connectivity index is 1.43. The minimum atomic E-state index is 0.776. The van der Waals surface area contributed by atoms with Gasteiger partial charge in [0.25, 0.3) is 0 Å². The number of thiazole rings is 1. The van der Waals surface area contributed by atoms with Crippen LogP contribution < -0.4 is 10.2 Å². The van der Waals surface area contributed by atoms with E-state index in [-0.39, 0.29) is 0 Å². The number of hydrazone groups is 1. The molecule has 0 aliphatic heterocycles. The highest BCUT2D eigenvalue weighted by molar-refractivity contribution is 7.14. The fraction of sp³-hybridized carbons (Fsp3) is 0.304. The summed E-state index contributed by atoms with van der Waals surface area (Å²) in [6.45, 7) is 3.02. The SMILES string of the molecule is CCCCCCCOc1ccc(C=NNc2nc(-c3ccccc3)cs2)cc1. The van der Waals surface area contributed by atoms with Crippen LogP contribution in [0.4, 0.5) is 5.13 Å². The molecular weight excluding hydrogens is 366 g/mol. The summed E-state index contributed by atoms with van der Waals surface area (Å²) in [6.07, 6.45) is 8.04. The molecule has 1 heterocycles. The van der Waals surface area contributed by atoms with Crippen molar-refractivity contribution in [1.82, 2.24) is 4.98 Å². The molecule has 0 spiro atoms. The van der Waals surface area contributed by atoms with Gasteiger partial charge in [-0.2, -0.15) is 5.10 Å². The molecule has 5 heteroatoms. The number of hydrogen-bond acceptors (Lipinski definition) is 5. The molecule has 28 heavy (non-hydrogen) atoms. The van der Waals surface area contributed by atoms with E-state index < -0.39 is 0 Å². The molecule has 0 saturated heterocycles. The molecule has 4 nitrogen and oxygen atoms in total. The van der Waals surface area contributed by atoms with E-state index in [1.807, 2.05) is 47.8 Å². The van der Waals surface area contributed by atoms with Gasteiger partial charge in [0.2, 0.25) is 5.13 Å². The Hall–Kier alpha value is -2.66. The lowest BCUT2D eigenvalue weighted by Crippen LogP contribution is -1.97. The van der Waals surface area contributed by atoms with Crippen LogP contribution in [0.2, 0.25) is 0 Å². The first-order chi connectivity index (χ1) is 13.8. The summed E-state index contributed by atoms with van der Waals surface area (Å²) < 4.78 is 5.79. The Labute approximate surface area is 171 Å². The molecule has 0 radical (unpaired) electrons. The molecule has 3 aromatic rings. The van der Waals surface area contributed by atoms with Crippen LogP contribution >= 0.6 is 11.3 Å². The Morgan fingerprint density at radius 2 is 1.79 bits per heavy atom. The van der Waals surface area contributed by atoms with Crippen LogP contribution in [0, 0.1) is 0 Å². The predicted octanol–water partition coefficient (Wildman–Crippen LogP) is 6.61. The van der Waals surface area contributed by atoms with E-state index in [4.69, 9.17) is 4.74 Å². The largest absolute Gasteiger partial charge is 0.494 e. The summed E-state index contributed by atoms with van der Waals surface area (Å²) in [4.78, 5) is 4.56. The average Bonchev–Trinajstić information content (AvgIpc) is 3.21. The molecule has 0 atom stereocenters. The van der Waals surface area contributed by atoms with Crippen LogP contribution in [0.3, 0.4) is 0 Å². The average molecular weight is 394 g/mol. The van der Waals surface area contributed by atoms with E-state index in [1.54, 1.807) is 17.6 Å². The number of unbranched alkanes of at least 4 members (excludes halogenated alkanes) is 4. The second-order valence-corrected chi connectivity index (χ2v) is 7.46. The minimum absolute atomic E-state index is 0.776. The maximum atomic E-state index is 5.79. The van der Waals surface area contributed by atoms with Gasteiger partial charge >= 0.3 is 0 Å². The molecule has 2 aromatic carbocycles. The summed E-state index contributed by atoms with van der Waals surface area (Å²) in [5.74, 6) is 0.910. The van der Waals surface area contributed by atoms with E-state index in [2.05, 4.69) is 34.6 Å². The maximum Gasteiger partial charge on any atom is 0.203 e. The normalized spacial score (nSPS) is 11.0. The van der Waals surface area contributed by atoms with Gasteiger partial charge < -0.3 is 4.74 Å². The van der Waals surface area contributed by atoms with Gasteiger partial charge in [-0.3, -0.25) is 5.43 Å². The van der Waals surface area contributed by atoms with E-state index in [0.29, 0.717) is 0 Å². The van der Waals surface area contributed by atoms with Crippen LogP contribution in [0.5, 0.6) is 5.75 Å². The molecule has 0 aliphatic rings. The van der Waals surface area contributed by atoms with Crippen molar-refractivity contribution in [2.24, 2.45) is 5.10 Å². The lowest BCUT2D eigenvalue weighted by Gasteiger charge is -2.06. The molecule has 3 rings (SSSR count). The van der Waals surface area contributed by atoms with Crippen LogP contribution in [0.1, 0.15) is 44.6 Å². The second kappa shape index (κ2) is 11.2. The third kappa shape index (κ3) is 6.50. The molecule has 0 saturated carbocycles. The molecule has 0 amide bonds. The number of anilines is 1. The third-order valence-corrected chi connectivity index (χ3v) is 5.09. The first-order valence-corrected chi connectivity index (χ1v) is 10.8. The predicted molar refractivity (Wildman–Crippen MR) is 119 cm³/mol. The van der Waals surface area contributed by atoms with Gasteiger partial charge in [0.1, 0.15) is 5.75 Å². The van der Waals surface area contributed by atoms with Crippen molar-refractivity contribution in [3.05, 3.63) is 65.5 Å². The number of benzene rings is 2. The van der Waals surface area contributed by atoms with Crippen LogP contribution in [-0.4, -0.2) is 17.8 Å². The Morgan fingerprint density at radius 3 is 2.57 bits per heavy atom. The maximum absolute atomic E-state index is 5.79. The number of aromatic nitrogens is 1. The number of nitrogens with zero attached hydrogens (tertiary/aromatic N) is 2. The Bertz CT molecular complexity index is 844. The monoisotopic (exact) mass is 393 g/mol. The van der Waals surface area contributed by atoms with E-state index >= 15 is 0 Å². The van der Waals surface area contributed by atoms with E-state index in [9.17, 15) is 0 Å². The fourth-order valence-corrected chi connectivity index (χ4v) is 3.44. The first-order valence-electron chi connectivity index (χ1n) is 9.88. The molecule has 146 valence electrons. The molecule has 1 N–H and O–H groups in total. The van der Waals surface area contributed by atoms with Crippen molar-refractivity contribution < 1.29 is 4.74 Å².